The summed E-state index contributed by atoms with van der Waals surface area (Å²) >= 11 is 0. The van der Waals surface area contributed by atoms with Crippen molar-refractivity contribution < 1.29 is 32.6 Å². The van der Waals surface area contributed by atoms with E-state index >= 15 is 0 Å². The molecule has 0 fully saturated rings. The van der Waals surface area contributed by atoms with Crippen LogP contribution in [0.5, 0.6) is 0 Å². The fourth-order valence-corrected chi connectivity index (χ4v) is 0. The van der Waals surface area contributed by atoms with Crippen LogP contribution < -0.4 is 6.15 Å². The van der Waals surface area contributed by atoms with E-state index in [4.69, 9.17) is 10.5 Å². The number of hydrogen-bond acceptors (Lipinski definition) is 4. The van der Waals surface area contributed by atoms with Crippen molar-refractivity contribution in [1.29, 1.82) is 0 Å². The summed E-state index contributed by atoms with van der Waals surface area (Å²) in [4.78, 5) is 0. The van der Waals surface area contributed by atoms with E-state index in [-0.39, 0.29) is 23.2 Å². The number of hydrogen-bond donors (Lipinski definition) is 3. The maximum Gasteiger partial charge on any atom is 0 e. The molecule has 36 valence electrons. The van der Waals surface area contributed by atoms with Gasteiger partial charge in [-0.05, 0) is 0 Å². The summed E-state index contributed by atoms with van der Waals surface area (Å²) in [5.41, 5.74) is 0. The van der Waals surface area contributed by atoms with Crippen molar-refractivity contribution in [1.82, 2.24) is 6.15 Å². The predicted octanol–water partition coefficient (Wildman–Crippen LogP) is 0.108. The van der Waals surface area contributed by atoms with Crippen molar-refractivity contribution in [3.63, 3.8) is 0 Å². The summed E-state index contributed by atoms with van der Waals surface area (Å²) in [5, 5.41) is 15.5. The molecule has 4 nitrogen and oxygen atoms in total. The molecule has 5 heavy (non-hydrogen) atoms. The van der Waals surface area contributed by atoms with E-state index in [1.165, 1.54) is 0 Å². The van der Waals surface area contributed by atoms with Gasteiger partial charge in [-0.1, -0.05) is 5.04 Å². The van der Waals surface area contributed by atoms with Gasteiger partial charge < -0.3 is 6.15 Å². The molecule has 0 aliphatic heterocycles. The molecular formula is H5FeNO3. The van der Waals surface area contributed by atoms with Crippen LogP contribution in [0, 0.1) is 0 Å². The summed E-state index contributed by atoms with van der Waals surface area (Å²) in [6.45, 7) is 0. The Morgan fingerprint density at radius 3 is 1.20 bits per heavy atom. The quantitative estimate of drug-likeness (QED) is 0.242. The standard InChI is InChI=1S/Fe.H3N.H2O3/c;;1-3-2/h;1H3;1-2H. The zero-order valence-corrected chi connectivity index (χ0v) is 3.47. The molecule has 0 saturated heterocycles. The molecule has 0 rings (SSSR count). The number of rotatable bonds is 0. The van der Waals surface area contributed by atoms with Gasteiger partial charge in [-0.3, -0.25) is 0 Å². The Morgan fingerprint density at radius 2 is 1.20 bits per heavy atom. The van der Waals surface area contributed by atoms with Crippen LogP contribution in [0.25, 0.3) is 0 Å². The van der Waals surface area contributed by atoms with Crippen molar-refractivity contribution in [2.75, 3.05) is 0 Å². The normalized spacial score (nSPS) is 3.60. The molecule has 0 atom stereocenters. The maximum atomic E-state index is 6.62. The van der Waals surface area contributed by atoms with E-state index in [1.54, 1.807) is 0 Å². The van der Waals surface area contributed by atoms with Gasteiger partial charge in [-0.15, -0.1) is 0 Å². The molecule has 0 aliphatic carbocycles. The van der Waals surface area contributed by atoms with Crippen LogP contribution in [-0.4, -0.2) is 10.5 Å². The first kappa shape index (κ1) is 18.3. The Labute approximate surface area is 39.7 Å². The predicted molar refractivity (Wildman–Crippen MR) is 11.4 cm³/mol. The van der Waals surface area contributed by atoms with Gasteiger partial charge in [-0.25, -0.2) is 10.5 Å². The minimum absolute atomic E-state index is 0. The maximum absolute atomic E-state index is 6.62. The fraction of sp³-hybridized carbons (Fsp3) is 0. The Hall–Kier alpha value is 0.359. The molecule has 0 bridgehead atoms. The fourth-order valence-electron chi connectivity index (χ4n) is 0. The first-order valence-electron chi connectivity index (χ1n) is 0.365. The minimum atomic E-state index is 0. The Balaban J connectivity index is -0.0000000200. The monoisotopic (exact) mass is 123 g/mol. The van der Waals surface area contributed by atoms with Crippen LogP contribution >= 0.6 is 0 Å². The zero-order valence-electron chi connectivity index (χ0n) is 2.36. The van der Waals surface area contributed by atoms with Crippen molar-refractivity contribution in [3.8, 4) is 0 Å². The third-order valence-corrected chi connectivity index (χ3v) is 0. The van der Waals surface area contributed by atoms with E-state index in [0.717, 1.165) is 0 Å². The molecule has 0 unspecified atom stereocenters. The second-order valence-electron chi connectivity index (χ2n) is 0.0816. The summed E-state index contributed by atoms with van der Waals surface area (Å²) in [6, 6.07) is 0. The summed E-state index contributed by atoms with van der Waals surface area (Å²) in [6.07, 6.45) is 0. The topological polar surface area (TPSA) is 84.7 Å². The molecule has 5 heteroatoms. The second-order valence-corrected chi connectivity index (χ2v) is 0.0816. The van der Waals surface area contributed by atoms with Crippen LogP contribution in [0.1, 0.15) is 0 Å². The molecule has 0 aliphatic rings. The van der Waals surface area contributed by atoms with Crippen molar-refractivity contribution in [2.45, 2.75) is 0 Å². The van der Waals surface area contributed by atoms with Crippen LogP contribution in [0.4, 0.5) is 0 Å². The Kier molecular flexibility index (Phi) is 97.4. The molecule has 0 radical (unpaired) electrons. The summed E-state index contributed by atoms with van der Waals surface area (Å²) < 4.78 is 0. The SMILES string of the molecule is N.OOO.[Fe]. The van der Waals surface area contributed by atoms with Crippen LogP contribution in [0.15, 0.2) is 0 Å². The zero-order chi connectivity index (χ0) is 2.71. The molecular weight excluding hydrogens is 118 g/mol. The largest absolute Gasteiger partial charge is 0.344 e. The Morgan fingerprint density at radius 1 is 1.20 bits per heavy atom. The average molecular weight is 123 g/mol. The van der Waals surface area contributed by atoms with Gasteiger partial charge in [0, 0.05) is 17.1 Å². The van der Waals surface area contributed by atoms with Crippen molar-refractivity contribution in [2.24, 2.45) is 0 Å². The molecule has 0 aromatic rings. The summed E-state index contributed by atoms with van der Waals surface area (Å²) in [7, 11) is 0. The molecule has 0 aromatic heterocycles. The van der Waals surface area contributed by atoms with E-state index < -0.39 is 0 Å². The molecule has 0 aromatic carbocycles. The van der Waals surface area contributed by atoms with Gasteiger partial charge in [0.05, 0.1) is 0 Å². The van der Waals surface area contributed by atoms with Gasteiger partial charge in [0.2, 0.25) is 0 Å². The van der Waals surface area contributed by atoms with Crippen molar-refractivity contribution in [3.05, 3.63) is 0 Å². The van der Waals surface area contributed by atoms with E-state index in [1.807, 2.05) is 0 Å². The van der Waals surface area contributed by atoms with Gasteiger partial charge in [0.15, 0.2) is 0 Å². The Bertz CT molecular complexity index is 6.85. The van der Waals surface area contributed by atoms with E-state index in [9.17, 15) is 0 Å². The first-order valence-corrected chi connectivity index (χ1v) is 0.365. The third kappa shape index (κ3) is 188. The average Bonchev–Trinajstić information content (AvgIpc) is 0.918. The van der Waals surface area contributed by atoms with Crippen LogP contribution in [0.2, 0.25) is 0 Å². The molecule has 0 heterocycles. The molecule has 5 N–H and O–H groups in total. The second kappa shape index (κ2) is 26.6. The smallest absolute Gasteiger partial charge is 0 e. The third-order valence-electron chi connectivity index (χ3n) is 0. The molecule has 0 amide bonds. The van der Waals surface area contributed by atoms with Crippen LogP contribution in [0.3, 0.4) is 0 Å². The minimum Gasteiger partial charge on any atom is -0.344 e. The van der Waals surface area contributed by atoms with Crippen molar-refractivity contribution >= 4 is 0 Å². The van der Waals surface area contributed by atoms with E-state index in [2.05, 4.69) is 5.04 Å². The summed E-state index contributed by atoms with van der Waals surface area (Å²) in [5.74, 6) is 0. The molecule has 0 spiro atoms. The van der Waals surface area contributed by atoms with Gasteiger partial charge in [0.1, 0.15) is 0 Å². The van der Waals surface area contributed by atoms with Gasteiger partial charge >= 0.3 is 0 Å². The van der Waals surface area contributed by atoms with Gasteiger partial charge in [-0.2, -0.15) is 0 Å². The van der Waals surface area contributed by atoms with Gasteiger partial charge in [0.25, 0.3) is 0 Å². The first-order chi connectivity index (χ1) is 1.41. The van der Waals surface area contributed by atoms with E-state index in [0.29, 0.717) is 0 Å². The van der Waals surface area contributed by atoms with Crippen LogP contribution in [-0.2, 0) is 22.1 Å². The molecule has 0 saturated carbocycles.